The number of nitro benzene ring substituents is 1. The van der Waals surface area contributed by atoms with Crippen LogP contribution in [0.2, 0.25) is 0 Å². The fraction of sp³-hybridized carbons (Fsp3) is 0.500. The molecular weight excluding hydrogens is 356 g/mol. The molecule has 1 aliphatic rings. The second-order valence-corrected chi connectivity index (χ2v) is 8.15. The van der Waals surface area contributed by atoms with Crippen LogP contribution in [0.25, 0.3) is 0 Å². The zero-order chi connectivity index (χ0) is 17.4. The van der Waals surface area contributed by atoms with Gasteiger partial charge in [0.15, 0.2) is 0 Å². The topological polar surface area (TPSA) is 130 Å². The van der Waals surface area contributed by atoms with E-state index in [1.807, 2.05) is 13.8 Å². The van der Waals surface area contributed by atoms with Crippen molar-refractivity contribution in [2.24, 2.45) is 11.1 Å². The van der Waals surface area contributed by atoms with Gasteiger partial charge < -0.3 is 5.73 Å². The Morgan fingerprint density at radius 2 is 2.08 bits per heavy atom. The lowest BCUT2D eigenvalue weighted by atomic mass is 9.81. The molecule has 2 N–H and O–H groups in total. The van der Waals surface area contributed by atoms with E-state index in [0.717, 1.165) is 6.07 Å². The molecule has 1 aromatic rings. The second kappa shape index (κ2) is 7.03. The van der Waals surface area contributed by atoms with Crippen LogP contribution < -0.4 is 5.73 Å². The highest BCUT2D eigenvalue weighted by molar-refractivity contribution is 7.89. The number of nitro groups is 1. The molecule has 2 rings (SSSR count). The minimum absolute atomic E-state index is 0. The van der Waals surface area contributed by atoms with E-state index in [0.29, 0.717) is 6.42 Å². The van der Waals surface area contributed by atoms with E-state index in [2.05, 4.69) is 0 Å². The lowest BCUT2D eigenvalue weighted by molar-refractivity contribution is -0.385. The van der Waals surface area contributed by atoms with Gasteiger partial charge >= 0.3 is 0 Å². The Bertz CT molecular complexity index is 788. The van der Waals surface area contributed by atoms with Gasteiger partial charge in [0, 0.05) is 25.2 Å². The van der Waals surface area contributed by atoms with Crippen LogP contribution in [-0.2, 0) is 10.0 Å². The molecule has 1 atom stereocenters. The Labute approximate surface area is 146 Å². The molecule has 1 heterocycles. The predicted molar refractivity (Wildman–Crippen MR) is 90.2 cm³/mol. The highest BCUT2D eigenvalue weighted by Crippen LogP contribution is 2.33. The molecule has 0 saturated carbocycles. The molecule has 0 amide bonds. The van der Waals surface area contributed by atoms with E-state index in [4.69, 9.17) is 5.73 Å². The van der Waals surface area contributed by atoms with E-state index < -0.39 is 31.6 Å². The van der Waals surface area contributed by atoms with Crippen LogP contribution in [0.1, 0.15) is 25.8 Å². The molecule has 0 aromatic heterocycles. The molecule has 1 unspecified atom stereocenters. The van der Waals surface area contributed by atoms with Crippen LogP contribution in [-0.4, -0.2) is 36.8 Å². The van der Waals surface area contributed by atoms with E-state index in [9.17, 15) is 23.8 Å². The maximum atomic E-state index is 12.8. The van der Waals surface area contributed by atoms with Crippen molar-refractivity contribution < 1.29 is 13.3 Å². The summed E-state index contributed by atoms with van der Waals surface area (Å²) in [4.78, 5) is 9.92. The lowest BCUT2D eigenvalue weighted by Crippen LogP contribution is -2.53. The van der Waals surface area contributed by atoms with Crippen molar-refractivity contribution in [1.29, 1.82) is 5.26 Å². The molecular formula is C14H19ClN4O4S. The number of piperidine rings is 1. The Kier molecular flexibility index (Phi) is 5.95. The van der Waals surface area contributed by atoms with Crippen LogP contribution >= 0.6 is 12.4 Å². The first-order chi connectivity index (χ1) is 10.6. The third-order valence-corrected chi connectivity index (χ3v) is 6.10. The summed E-state index contributed by atoms with van der Waals surface area (Å²) in [5.74, 6) is 0. The van der Waals surface area contributed by atoms with Crippen LogP contribution in [0.4, 0.5) is 5.69 Å². The first-order valence-corrected chi connectivity index (χ1v) is 8.48. The van der Waals surface area contributed by atoms with Crippen LogP contribution in [0.15, 0.2) is 23.1 Å². The molecule has 0 aliphatic carbocycles. The minimum Gasteiger partial charge on any atom is -0.327 e. The fourth-order valence-electron chi connectivity index (χ4n) is 2.67. The smallest absolute Gasteiger partial charge is 0.288 e. The van der Waals surface area contributed by atoms with E-state index in [1.165, 1.54) is 16.4 Å². The number of nitriles is 1. The molecule has 0 spiro atoms. The van der Waals surface area contributed by atoms with Gasteiger partial charge in [0.2, 0.25) is 10.0 Å². The number of nitrogens with zero attached hydrogens (tertiary/aromatic N) is 3. The molecule has 10 heteroatoms. The van der Waals surface area contributed by atoms with Gasteiger partial charge in [-0.15, -0.1) is 12.4 Å². The highest BCUT2D eigenvalue weighted by atomic mass is 35.5. The van der Waals surface area contributed by atoms with Gasteiger partial charge in [-0.2, -0.15) is 9.57 Å². The fourth-order valence-corrected chi connectivity index (χ4v) is 4.45. The quantitative estimate of drug-likeness (QED) is 0.632. The predicted octanol–water partition coefficient (Wildman–Crippen LogP) is 1.64. The van der Waals surface area contributed by atoms with Crippen molar-refractivity contribution >= 4 is 28.1 Å². The number of hydrogen-bond donors (Lipinski definition) is 1. The van der Waals surface area contributed by atoms with E-state index >= 15 is 0 Å². The first-order valence-electron chi connectivity index (χ1n) is 7.04. The number of rotatable bonds is 3. The maximum Gasteiger partial charge on any atom is 0.288 e. The summed E-state index contributed by atoms with van der Waals surface area (Å²) in [6, 6.07) is 5.13. The van der Waals surface area contributed by atoms with Crippen molar-refractivity contribution in [2.45, 2.75) is 31.2 Å². The van der Waals surface area contributed by atoms with Gasteiger partial charge in [0.25, 0.3) is 5.69 Å². The average Bonchev–Trinajstić information content (AvgIpc) is 2.48. The Morgan fingerprint density at radius 3 is 2.58 bits per heavy atom. The molecule has 1 aliphatic heterocycles. The average molecular weight is 375 g/mol. The Hall–Kier alpha value is -1.73. The van der Waals surface area contributed by atoms with Crippen LogP contribution in [0.5, 0.6) is 0 Å². The summed E-state index contributed by atoms with van der Waals surface area (Å²) in [6.07, 6.45) is 0.489. The third kappa shape index (κ3) is 3.52. The summed E-state index contributed by atoms with van der Waals surface area (Å²) in [5.41, 5.74) is 4.64. The minimum atomic E-state index is -4.00. The van der Waals surface area contributed by atoms with Gasteiger partial charge in [-0.05, 0) is 17.9 Å². The maximum absolute atomic E-state index is 12.8. The number of nitrogens with two attached hydrogens (primary N) is 1. The van der Waals surface area contributed by atoms with Crippen molar-refractivity contribution in [2.75, 3.05) is 13.1 Å². The largest absolute Gasteiger partial charge is 0.327 e. The Morgan fingerprint density at radius 1 is 1.46 bits per heavy atom. The van der Waals surface area contributed by atoms with Gasteiger partial charge in [-0.1, -0.05) is 19.9 Å². The summed E-state index contributed by atoms with van der Waals surface area (Å²) in [6.45, 7) is 4.17. The monoisotopic (exact) mass is 374 g/mol. The zero-order valence-electron chi connectivity index (χ0n) is 13.3. The molecule has 0 radical (unpaired) electrons. The number of benzene rings is 1. The number of halogens is 1. The summed E-state index contributed by atoms with van der Waals surface area (Å²) < 4.78 is 26.9. The lowest BCUT2D eigenvalue weighted by Gasteiger charge is -2.41. The number of hydrogen-bond acceptors (Lipinski definition) is 6. The molecule has 1 fully saturated rings. The SMILES string of the molecule is CC1(C)CN(S(=O)(=O)c2cccc([N+](=O)[O-])c2C#N)CCC1N.Cl. The summed E-state index contributed by atoms with van der Waals surface area (Å²) in [5, 5.41) is 20.2. The van der Waals surface area contributed by atoms with Gasteiger partial charge in [-0.3, -0.25) is 10.1 Å². The second-order valence-electron chi connectivity index (χ2n) is 6.24. The molecule has 24 heavy (non-hydrogen) atoms. The molecule has 132 valence electrons. The first kappa shape index (κ1) is 20.3. The van der Waals surface area contributed by atoms with E-state index in [-0.39, 0.29) is 36.4 Å². The van der Waals surface area contributed by atoms with Crippen LogP contribution in [0.3, 0.4) is 0 Å². The standard InChI is InChI=1S/C14H18N4O4S.ClH/c1-14(2)9-17(7-6-13(14)16)23(21,22)12-5-3-4-11(18(19)20)10(12)8-15;/h3-5,13H,6-7,9,16H2,1-2H3;1H. The van der Waals surface area contributed by atoms with Gasteiger partial charge in [0.05, 0.1) is 4.92 Å². The van der Waals surface area contributed by atoms with Crippen molar-refractivity contribution in [3.05, 3.63) is 33.9 Å². The van der Waals surface area contributed by atoms with Crippen LogP contribution in [0, 0.1) is 26.9 Å². The zero-order valence-corrected chi connectivity index (χ0v) is 14.9. The summed E-state index contributed by atoms with van der Waals surface area (Å²) in [7, 11) is -4.00. The molecule has 8 nitrogen and oxygen atoms in total. The van der Waals surface area contributed by atoms with Crippen molar-refractivity contribution in [3.63, 3.8) is 0 Å². The van der Waals surface area contributed by atoms with Crippen molar-refractivity contribution in [1.82, 2.24) is 4.31 Å². The highest BCUT2D eigenvalue weighted by Gasteiger charge is 2.40. The number of sulfonamides is 1. The van der Waals surface area contributed by atoms with E-state index in [1.54, 1.807) is 6.07 Å². The summed E-state index contributed by atoms with van der Waals surface area (Å²) >= 11 is 0. The van der Waals surface area contributed by atoms with Crippen molar-refractivity contribution in [3.8, 4) is 6.07 Å². The molecule has 1 aromatic carbocycles. The van der Waals surface area contributed by atoms with Gasteiger partial charge in [0.1, 0.15) is 16.5 Å². The normalized spacial score (nSPS) is 20.7. The molecule has 1 saturated heterocycles. The molecule has 0 bridgehead atoms. The Balaban J connectivity index is 0.00000288. The third-order valence-electron chi connectivity index (χ3n) is 4.21. The van der Waals surface area contributed by atoms with Gasteiger partial charge in [-0.25, -0.2) is 8.42 Å².